The summed E-state index contributed by atoms with van der Waals surface area (Å²) in [6.45, 7) is 4.35. The van der Waals surface area contributed by atoms with E-state index in [-0.39, 0.29) is 17.3 Å². The molecule has 1 heterocycles. The Morgan fingerprint density at radius 1 is 1.19 bits per heavy atom. The van der Waals surface area contributed by atoms with Gasteiger partial charge in [0.2, 0.25) is 10.0 Å². The number of halogens is 1. The number of amides is 1. The van der Waals surface area contributed by atoms with Gasteiger partial charge < -0.3 is 5.32 Å². The monoisotopic (exact) mass is 395 g/mol. The van der Waals surface area contributed by atoms with Crippen LogP contribution in [0.25, 0.3) is 0 Å². The predicted molar refractivity (Wildman–Crippen MR) is 101 cm³/mol. The summed E-state index contributed by atoms with van der Waals surface area (Å²) in [6, 6.07) is 8.74. The van der Waals surface area contributed by atoms with Gasteiger partial charge in [-0.2, -0.15) is 4.31 Å². The summed E-state index contributed by atoms with van der Waals surface area (Å²) in [4.78, 5) is 16.8. The number of H-pyrrole nitrogens is 1. The quantitative estimate of drug-likeness (QED) is 0.738. The van der Waals surface area contributed by atoms with E-state index in [9.17, 15) is 17.6 Å². The number of carbonyl (C=O) groups is 1. The summed E-state index contributed by atoms with van der Waals surface area (Å²) in [6.07, 6.45) is 1.41. The average molecular weight is 395 g/mol. The third-order valence-corrected chi connectivity index (χ3v) is 6.06. The highest BCUT2D eigenvalue weighted by Crippen LogP contribution is 2.15. The number of nitrogens with zero attached hydrogens (tertiary/aromatic N) is 2. The molecule has 2 aromatic rings. The maximum atomic E-state index is 13.2. The van der Waals surface area contributed by atoms with Crippen LogP contribution in [-0.4, -0.2) is 45.3 Å². The zero-order valence-corrected chi connectivity index (χ0v) is 16.4. The lowest BCUT2D eigenvalue weighted by atomic mass is 10.3. The highest BCUT2D eigenvalue weighted by molar-refractivity contribution is 7.89. The van der Waals surface area contributed by atoms with E-state index >= 15 is 0 Å². The number of nitrogens with one attached hydrogen (secondary N) is 2. The van der Waals surface area contributed by atoms with E-state index in [1.807, 2.05) is 0 Å². The van der Waals surface area contributed by atoms with E-state index in [0.29, 0.717) is 24.6 Å². The van der Waals surface area contributed by atoms with Crippen molar-refractivity contribution in [3.05, 3.63) is 48.4 Å². The SMILES string of the molecule is CCN(CC)S(=O)(=O)c1ccc(N(C)CC(=O)Nc2cccc(F)c2)[nH+]c1. The maximum Gasteiger partial charge on any atom is 0.274 e. The molecule has 0 radical (unpaired) electrons. The van der Waals surface area contributed by atoms with Crippen molar-refractivity contribution in [2.75, 3.05) is 36.9 Å². The first-order valence-corrected chi connectivity index (χ1v) is 10.00. The van der Waals surface area contributed by atoms with Gasteiger partial charge in [-0.25, -0.2) is 17.8 Å². The molecule has 0 saturated heterocycles. The van der Waals surface area contributed by atoms with Crippen LogP contribution in [0.1, 0.15) is 13.8 Å². The van der Waals surface area contributed by atoms with Gasteiger partial charge in [-0.1, -0.05) is 19.9 Å². The standard InChI is InChI=1S/C18H23FN4O3S/c1-4-23(5-2)27(25,26)16-9-10-17(20-12-16)22(3)13-18(24)21-15-8-6-7-14(19)11-15/h6-12H,4-5,13H2,1-3H3,(H,21,24)/p+1. The highest BCUT2D eigenvalue weighted by atomic mass is 32.2. The Morgan fingerprint density at radius 2 is 1.89 bits per heavy atom. The van der Waals surface area contributed by atoms with Gasteiger partial charge in [-0.3, -0.25) is 9.69 Å². The lowest BCUT2D eigenvalue weighted by Crippen LogP contribution is -2.34. The summed E-state index contributed by atoms with van der Waals surface area (Å²) in [7, 11) is -1.85. The van der Waals surface area contributed by atoms with Gasteiger partial charge in [-0.15, -0.1) is 0 Å². The summed E-state index contributed by atoms with van der Waals surface area (Å²) in [5.41, 5.74) is 0.373. The van der Waals surface area contributed by atoms with Crippen LogP contribution in [0.3, 0.4) is 0 Å². The Labute approximate surface area is 158 Å². The van der Waals surface area contributed by atoms with E-state index in [0.717, 1.165) is 0 Å². The van der Waals surface area contributed by atoms with Crippen molar-refractivity contribution in [2.45, 2.75) is 18.7 Å². The Kier molecular flexibility index (Phi) is 6.86. The zero-order chi connectivity index (χ0) is 20.0. The number of aromatic amines is 1. The van der Waals surface area contributed by atoms with Crippen molar-refractivity contribution < 1.29 is 22.6 Å². The normalized spacial score (nSPS) is 11.4. The Bertz CT molecular complexity index is 884. The molecule has 27 heavy (non-hydrogen) atoms. The minimum absolute atomic E-state index is 0.00908. The fourth-order valence-electron chi connectivity index (χ4n) is 2.58. The Hall–Kier alpha value is -2.52. The van der Waals surface area contributed by atoms with Crippen molar-refractivity contribution in [3.8, 4) is 0 Å². The molecule has 2 N–H and O–H groups in total. The molecule has 146 valence electrons. The Morgan fingerprint density at radius 3 is 2.44 bits per heavy atom. The van der Waals surface area contributed by atoms with Gasteiger partial charge >= 0.3 is 0 Å². The molecule has 2 rings (SSSR count). The number of likely N-dealkylation sites (N-methyl/N-ethyl adjacent to an activating group) is 1. The summed E-state index contributed by atoms with van der Waals surface area (Å²) < 4.78 is 39.5. The predicted octanol–water partition coefficient (Wildman–Crippen LogP) is 1.75. The highest BCUT2D eigenvalue weighted by Gasteiger charge is 2.24. The number of aromatic nitrogens is 1. The van der Waals surface area contributed by atoms with E-state index in [4.69, 9.17) is 0 Å². The molecule has 0 atom stereocenters. The summed E-state index contributed by atoms with van der Waals surface area (Å²) in [5, 5.41) is 2.61. The van der Waals surface area contributed by atoms with Gasteiger partial charge in [0.1, 0.15) is 16.9 Å². The third kappa shape index (κ3) is 5.24. The number of anilines is 2. The molecule has 0 bridgehead atoms. The lowest BCUT2D eigenvalue weighted by Gasteiger charge is -2.18. The van der Waals surface area contributed by atoms with Crippen LogP contribution in [-0.2, 0) is 14.8 Å². The summed E-state index contributed by atoms with van der Waals surface area (Å²) >= 11 is 0. The van der Waals surface area contributed by atoms with Gasteiger partial charge in [0, 0.05) is 24.8 Å². The molecular weight excluding hydrogens is 371 g/mol. The number of benzene rings is 1. The molecule has 0 unspecified atom stereocenters. The molecule has 0 aliphatic carbocycles. The smallest absolute Gasteiger partial charge is 0.274 e. The first kappa shape index (κ1) is 20.8. The molecule has 0 fully saturated rings. The molecular formula is C18H24FN4O3S+. The van der Waals surface area contributed by atoms with Gasteiger partial charge in [0.25, 0.3) is 11.7 Å². The van der Waals surface area contributed by atoms with Crippen molar-refractivity contribution in [1.82, 2.24) is 4.31 Å². The minimum atomic E-state index is -3.54. The van der Waals surface area contributed by atoms with Crippen molar-refractivity contribution in [1.29, 1.82) is 0 Å². The van der Waals surface area contributed by atoms with Crippen LogP contribution in [0.5, 0.6) is 0 Å². The van der Waals surface area contributed by atoms with Crippen LogP contribution in [0.4, 0.5) is 15.9 Å². The number of pyridine rings is 1. The van der Waals surface area contributed by atoms with Crippen molar-refractivity contribution in [3.63, 3.8) is 0 Å². The van der Waals surface area contributed by atoms with Crippen molar-refractivity contribution >= 4 is 27.4 Å². The molecule has 1 amide bonds. The number of rotatable bonds is 8. The summed E-state index contributed by atoms with van der Waals surface area (Å²) in [5.74, 6) is -0.182. The molecule has 0 spiro atoms. The van der Waals surface area contributed by atoms with Crippen LogP contribution in [0.2, 0.25) is 0 Å². The molecule has 9 heteroatoms. The molecule has 0 aliphatic heterocycles. The fourth-order valence-corrected chi connectivity index (χ4v) is 4.01. The number of hydrogen-bond acceptors (Lipinski definition) is 4. The number of hydrogen-bond donors (Lipinski definition) is 1. The van der Waals surface area contributed by atoms with Crippen LogP contribution in [0.15, 0.2) is 47.5 Å². The fraction of sp³-hybridized carbons (Fsp3) is 0.333. The van der Waals surface area contributed by atoms with E-state index in [1.54, 1.807) is 37.9 Å². The number of carbonyl (C=O) groups excluding carboxylic acids is 1. The molecule has 0 aliphatic rings. The van der Waals surface area contributed by atoms with Crippen LogP contribution in [0, 0.1) is 5.82 Å². The number of sulfonamides is 1. The second-order valence-corrected chi connectivity index (χ2v) is 7.85. The zero-order valence-electron chi connectivity index (χ0n) is 15.6. The van der Waals surface area contributed by atoms with Gasteiger partial charge in [0.05, 0.1) is 7.05 Å². The van der Waals surface area contributed by atoms with Crippen LogP contribution < -0.4 is 15.2 Å². The molecule has 0 saturated carbocycles. The molecule has 7 nitrogen and oxygen atoms in total. The van der Waals surface area contributed by atoms with Gasteiger partial charge in [0.15, 0.2) is 6.54 Å². The van der Waals surface area contributed by atoms with Crippen LogP contribution >= 0.6 is 0 Å². The van der Waals surface area contributed by atoms with E-state index in [1.165, 1.54) is 34.8 Å². The average Bonchev–Trinajstić information content (AvgIpc) is 2.62. The van der Waals surface area contributed by atoms with Crippen molar-refractivity contribution in [2.24, 2.45) is 0 Å². The second-order valence-electron chi connectivity index (χ2n) is 5.91. The third-order valence-electron chi connectivity index (χ3n) is 4.01. The first-order chi connectivity index (χ1) is 12.8. The Balaban J connectivity index is 2.05. The second kappa shape index (κ2) is 8.92. The topological polar surface area (TPSA) is 83.9 Å². The molecule has 1 aromatic carbocycles. The minimum Gasteiger partial charge on any atom is -0.323 e. The first-order valence-electron chi connectivity index (χ1n) is 8.56. The molecule has 1 aromatic heterocycles. The maximum absolute atomic E-state index is 13.2. The van der Waals surface area contributed by atoms with E-state index < -0.39 is 15.8 Å². The van der Waals surface area contributed by atoms with E-state index in [2.05, 4.69) is 10.3 Å². The lowest BCUT2D eigenvalue weighted by molar-refractivity contribution is -0.366. The van der Waals surface area contributed by atoms with Gasteiger partial charge in [-0.05, 0) is 24.3 Å². The largest absolute Gasteiger partial charge is 0.323 e.